The Morgan fingerprint density at radius 1 is 1.29 bits per heavy atom. The molecular weight excluding hydrogens is 308 g/mol. The van der Waals surface area contributed by atoms with Crippen LogP contribution in [-0.4, -0.2) is 24.9 Å². The van der Waals surface area contributed by atoms with Gasteiger partial charge in [0.2, 0.25) is 6.08 Å². The lowest BCUT2D eigenvalue weighted by atomic mass is 9.88. The average Bonchev–Trinajstić information content (AvgIpc) is 2.95. The van der Waals surface area contributed by atoms with Crippen molar-refractivity contribution in [2.75, 3.05) is 12.4 Å². The monoisotopic (exact) mass is 332 g/mol. The Morgan fingerprint density at radius 3 is 2.50 bits per heavy atom. The lowest BCUT2D eigenvalue weighted by Gasteiger charge is -2.25. The number of rotatable bonds is 4. The number of ether oxygens (including phenoxy) is 2. The Balaban J connectivity index is 2.33. The van der Waals surface area contributed by atoms with Crippen LogP contribution < -0.4 is 10.1 Å². The fraction of sp³-hybridized carbons (Fsp3) is 0.556. The molecule has 0 atom stereocenters. The molecule has 1 aliphatic carbocycles. The second-order valence-corrected chi connectivity index (χ2v) is 6.98. The van der Waals surface area contributed by atoms with E-state index in [0.717, 1.165) is 31.2 Å². The highest BCUT2D eigenvalue weighted by Crippen LogP contribution is 2.44. The minimum atomic E-state index is -0.594. The second-order valence-electron chi connectivity index (χ2n) is 6.98. The topological polar surface area (TPSA) is 77.0 Å². The van der Waals surface area contributed by atoms with Crippen LogP contribution in [0.3, 0.4) is 0 Å². The van der Waals surface area contributed by atoms with Gasteiger partial charge in [0.1, 0.15) is 11.4 Å². The van der Waals surface area contributed by atoms with Crippen molar-refractivity contribution in [3.05, 3.63) is 23.8 Å². The summed E-state index contributed by atoms with van der Waals surface area (Å²) < 4.78 is 10.6. The van der Waals surface area contributed by atoms with Gasteiger partial charge in [0.05, 0.1) is 18.3 Å². The molecule has 1 aliphatic rings. The van der Waals surface area contributed by atoms with E-state index < -0.39 is 17.2 Å². The molecule has 0 spiro atoms. The second kappa shape index (κ2) is 7.05. The van der Waals surface area contributed by atoms with Crippen LogP contribution in [0.25, 0.3) is 0 Å². The fourth-order valence-electron chi connectivity index (χ4n) is 3.02. The number of benzene rings is 1. The third kappa shape index (κ3) is 4.15. The number of hydrogen-bond acceptors (Lipinski definition) is 5. The summed E-state index contributed by atoms with van der Waals surface area (Å²) >= 11 is 0. The van der Waals surface area contributed by atoms with Gasteiger partial charge < -0.3 is 9.47 Å². The van der Waals surface area contributed by atoms with Gasteiger partial charge in [-0.3, -0.25) is 5.32 Å². The standard InChI is InChI=1S/C18H24N2O4/c1-17(2,3)24-16(22)20-14-11-13(7-8-15(14)23-4)18(19-12-21)9-5-6-10-18/h7-8,11H,5-6,9-10H2,1-4H3,(H,20,22). The number of carbonyl (C=O) groups excluding carboxylic acids is 2. The number of carbonyl (C=O) groups is 1. The van der Waals surface area contributed by atoms with E-state index in [9.17, 15) is 9.59 Å². The maximum atomic E-state index is 12.1. The zero-order chi connectivity index (χ0) is 17.8. The van der Waals surface area contributed by atoms with E-state index in [4.69, 9.17) is 9.47 Å². The Kier molecular flexibility index (Phi) is 5.30. The SMILES string of the molecule is COc1ccc(C2(N=C=O)CCCC2)cc1NC(=O)OC(C)(C)C. The maximum absolute atomic E-state index is 12.1. The predicted octanol–water partition coefficient (Wildman–Crippen LogP) is 4.15. The van der Waals surface area contributed by atoms with Crippen molar-refractivity contribution in [3.8, 4) is 5.75 Å². The Labute approximate surface area is 142 Å². The number of methoxy groups -OCH3 is 1. The molecule has 0 bridgehead atoms. The fourth-order valence-corrected chi connectivity index (χ4v) is 3.02. The van der Waals surface area contributed by atoms with Crippen molar-refractivity contribution < 1.29 is 19.1 Å². The maximum Gasteiger partial charge on any atom is 0.412 e. The largest absolute Gasteiger partial charge is 0.495 e. The molecule has 1 fully saturated rings. The van der Waals surface area contributed by atoms with Crippen LogP contribution in [0.1, 0.15) is 52.0 Å². The van der Waals surface area contributed by atoms with Crippen molar-refractivity contribution in [1.82, 2.24) is 0 Å². The van der Waals surface area contributed by atoms with E-state index in [-0.39, 0.29) is 0 Å². The molecule has 2 rings (SSSR count). The highest BCUT2D eigenvalue weighted by molar-refractivity contribution is 5.87. The summed E-state index contributed by atoms with van der Waals surface area (Å²) in [5.41, 5.74) is 0.216. The minimum absolute atomic E-state index is 0.497. The number of isocyanates is 1. The molecule has 0 radical (unpaired) electrons. The number of aliphatic imine (C=N–C) groups is 1. The van der Waals surface area contributed by atoms with Crippen LogP contribution >= 0.6 is 0 Å². The van der Waals surface area contributed by atoms with Crippen LogP contribution in [0, 0.1) is 0 Å². The summed E-state index contributed by atoms with van der Waals surface area (Å²) in [4.78, 5) is 27.0. The molecule has 0 saturated heterocycles. The Bertz CT molecular complexity index is 651. The third-order valence-corrected chi connectivity index (χ3v) is 4.06. The summed E-state index contributed by atoms with van der Waals surface area (Å²) in [7, 11) is 1.53. The summed E-state index contributed by atoms with van der Waals surface area (Å²) in [6, 6.07) is 5.45. The quantitative estimate of drug-likeness (QED) is 0.664. The van der Waals surface area contributed by atoms with Gasteiger partial charge in [0, 0.05) is 0 Å². The Morgan fingerprint density at radius 2 is 1.96 bits per heavy atom. The number of nitrogens with one attached hydrogen (secondary N) is 1. The van der Waals surface area contributed by atoms with Gasteiger partial charge in [-0.25, -0.2) is 9.59 Å². The van der Waals surface area contributed by atoms with E-state index in [1.165, 1.54) is 7.11 Å². The molecule has 6 nitrogen and oxygen atoms in total. The van der Waals surface area contributed by atoms with Crippen LogP contribution in [0.4, 0.5) is 10.5 Å². The summed E-state index contributed by atoms with van der Waals surface area (Å²) in [6.45, 7) is 5.39. The van der Waals surface area contributed by atoms with Gasteiger partial charge in [-0.2, -0.15) is 4.99 Å². The summed E-state index contributed by atoms with van der Waals surface area (Å²) in [6.07, 6.45) is 4.74. The smallest absolute Gasteiger partial charge is 0.412 e. The van der Waals surface area contributed by atoms with Gasteiger partial charge in [-0.05, 0) is 51.3 Å². The van der Waals surface area contributed by atoms with Gasteiger partial charge in [-0.15, -0.1) is 0 Å². The van der Waals surface area contributed by atoms with Crippen molar-refractivity contribution >= 4 is 17.9 Å². The predicted molar refractivity (Wildman–Crippen MR) is 91.1 cm³/mol. The minimum Gasteiger partial charge on any atom is -0.495 e. The van der Waals surface area contributed by atoms with Gasteiger partial charge in [0.25, 0.3) is 0 Å². The lowest BCUT2D eigenvalue weighted by Crippen LogP contribution is -2.27. The van der Waals surface area contributed by atoms with Crippen molar-refractivity contribution in [2.45, 2.75) is 57.6 Å². The molecule has 130 valence electrons. The molecule has 24 heavy (non-hydrogen) atoms. The van der Waals surface area contributed by atoms with Crippen molar-refractivity contribution in [1.29, 1.82) is 0 Å². The number of amides is 1. The van der Waals surface area contributed by atoms with Crippen molar-refractivity contribution in [3.63, 3.8) is 0 Å². The lowest BCUT2D eigenvalue weighted by molar-refractivity contribution is 0.0635. The molecule has 0 heterocycles. The molecule has 1 amide bonds. The first-order valence-corrected chi connectivity index (χ1v) is 8.07. The van der Waals surface area contributed by atoms with E-state index in [0.29, 0.717) is 11.4 Å². The first-order valence-electron chi connectivity index (χ1n) is 8.07. The first kappa shape index (κ1) is 18.0. The number of nitrogens with zero attached hydrogens (tertiary/aromatic N) is 1. The van der Waals surface area contributed by atoms with E-state index in [2.05, 4.69) is 10.3 Å². The molecule has 1 N–H and O–H groups in total. The van der Waals surface area contributed by atoms with Crippen LogP contribution in [0.2, 0.25) is 0 Å². The first-order chi connectivity index (χ1) is 11.3. The van der Waals surface area contributed by atoms with E-state index in [1.807, 2.05) is 6.07 Å². The molecular formula is C18H24N2O4. The van der Waals surface area contributed by atoms with E-state index in [1.54, 1.807) is 39.0 Å². The molecule has 1 aromatic rings. The molecule has 1 saturated carbocycles. The molecule has 1 aromatic carbocycles. The van der Waals surface area contributed by atoms with Crippen molar-refractivity contribution in [2.24, 2.45) is 4.99 Å². The number of hydrogen-bond donors (Lipinski definition) is 1. The normalized spacial score (nSPS) is 16.2. The van der Waals surface area contributed by atoms with E-state index >= 15 is 0 Å². The van der Waals surface area contributed by atoms with Gasteiger partial charge in [0.15, 0.2) is 0 Å². The Hall–Kier alpha value is -2.33. The van der Waals surface area contributed by atoms with Crippen LogP contribution in [-0.2, 0) is 15.1 Å². The summed E-state index contributed by atoms with van der Waals surface area (Å²) in [5, 5.41) is 2.71. The molecule has 0 unspecified atom stereocenters. The highest BCUT2D eigenvalue weighted by atomic mass is 16.6. The van der Waals surface area contributed by atoms with Crippen LogP contribution in [0.15, 0.2) is 23.2 Å². The third-order valence-electron chi connectivity index (χ3n) is 4.06. The zero-order valence-electron chi connectivity index (χ0n) is 14.6. The highest BCUT2D eigenvalue weighted by Gasteiger charge is 2.36. The number of anilines is 1. The summed E-state index contributed by atoms with van der Waals surface area (Å²) in [5.74, 6) is 0.521. The van der Waals surface area contributed by atoms with Gasteiger partial charge >= 0.3 is 6.09 Å². The molecule has 0 aromatic heterocycles. The average molecular weight is 332 g/mol. The molecule has 0 aliphatic heterocycles. The zero-order valence-corrected chi connectivity index (χ0v) is 14.6. The van der Waals surface area contributed by atoms with Gasteiger partial charge in [-0.1, -0.05) is 18.9 Å². The van der Waals surface area contributed by atoms with Crippen LogP contribution in [0.5, 0.6) is 5.75 Å². The molecule has 6 heteroatoms.